The molecule has 40 heavy (non-hydrogen) atoms. The van der Waals surface area contributed by atoms with Crippen LogP contribution in [-0.2, 0) is 0 Å². The lowest BCUT2D eigenvalue weighted by Gasteiger charge is -2.27. The molecule has 0 atom stereocenters. The van der Waals surface area contributed by atoms with Crippen molar-refractivity contribution in [3.05, 3.63) is 145 Å². The molecule has 1 aliphatic rings. The molecule has 1 saturated carbocycles. The quantitative estimate of drug-likeness (QED) is 0.194. The number of hydrogen-bond acceptors (Lipinski definition) is 1. The molecule has 1 aromatic heterocycles. The van der Waals surface area contributed by atoms with Gasteiger partial charge in [-0.2, -0.15) is 0 Å². The van der Waals surface area contributed by atoms with Gasteiger partial charge in [0.2, 0.25) is 0 Å². The molecule has 1 fully saturated rings. The molecular formula is C37H30FNP+. The summed E-state index contributed by atoms with van der Waals surface area (Å²) >= 11 is 0. The molecule has 1 heterocycles. The van der Waals surface area contributed by atoms with Crippen molar-refractivity contribution >= 4 is 34.1 Å². The van der Waals surface area contributed by atoms with Crippen molar-refractivity contribution < 1.29 is 4.39 Å². The van der Waals surface area contributed by atoms with Gasteiger partial charge in [0.25, 0.3) is 0 Å². The number of pyridine rings is 1. The average molecular weight is 539 g/mol. The molecule has 0 spiro atoms. The third kappa shape index (κ3) is 4.24. The van der Waals surface area contributed by atoms with Crippen molar-refractivity contribution in [3.63, 3.8) is 0 Å². The van der Waals surface area contributed by atoms with Crippen LogP contribution in [0.4, 0.5) is 4.39 Å². The monoisotopic (exact) mass is 538 g/mol. The SMILES string of the molecule is C[P+](c1ccccc1)(c1ccccc1)c1ccccc1-c1c(C2CC2)nc2ccccc2c1-c1ccc(F)cc1. The fraction of sp³-hybridized carbons (Fsp3) is 0.108. The highest BCUT2D eigenvalue weighted by molar-refractivity contribution is 7.95. The van der Waals surface area contributed by atoms with Gasteiger partial charge in [-0.1, -0.05) is 84.9 Å². The van der Waals surface area contributed by atoms with Gasteiger partial charge in [0.05, 0.1) is 17.9 Å². The Morgan fingerprint density at radius 2 is 1.20 bits per heavy atom. The van der Waals surface area contributed by atoms with E-state index in [0.717, 1.165) is 40.6 Å². The molecule has 0 bridgehead atoms. The van der Waals surface area contributed by atoms with Gasteiger partial charge < -0.3 is 0 Å². The van der Waals surface area contributed by atoms with Crippen molar-refractivity contribution in [2.24, 2.45) is 0 Å². The summed E-state index contributed by atoms with van der Waals surface area (Å²) in [5.41, 5.74) is 6.75. The summed E-state index contributed by atoms with van der Waals surface area (Å²) in [4.78, 5) is 5.32. The summed E-state index contributed by atoms with van der Waals surface area (Å²) in [6.45, 7) is 2.44. The number of rotatable bonds is 6. The van der Waals surface area contributed by atoms with E-state index in [1.165, 1.54) is 27.0 Å². The van der Waals surface area contributed by atoms with Crippen LogP contribution < -0.4 is 15.9 Å². The smallest absolute Gasteiger partial charge is 0.123 e. The van der Waals surface area contributed by atoms with Gasteiger partial charge >= 0.3 is 0 Å². The van der Waals surface area contributed by atoms with Crippen molar-refractivity contribution in [1.29, 1.82) is 0 Å². The normalized spacial score (nSPS) is 13.4. The molecule has 1 nitrogen and oxygen atoms in total. The van der Waals surface area contributed by atoms with Gasteiger partial charge in [-0.3, -0.25) is 4.98 Å². The maximum atomic E-state index is 14.1. The van der Waals surface area contributed by atoms with Gasteiger partial charge in [0, 0.05) is 28.0 Å². The molecular weight excluding hydrogens is 508 g/mol. The summed E-state index contributed by atoms with van der Waals surface area (Å²) in [6, 6.07) is 46.2. The van der Waals surface area contributed by atoms with Crippen LogP contribution in [-0.4, -0.2) is 11.6 Å². The Bertz CT molecular complexity index is 1770. The largest absolute Gasteiger partial charge is 0.252 e. The number of aromatic nitrogens is 1. The first-order chi connectivity index (χ1) is 19.6. The molecule has 0 amide bonds. The fourth-order valence-electron chi connectivity index (χ4n) is 6.03. The zero-order valence-electron chi connectivity index (χ0n) is 22.5. The van der Waals surface area contributed by atoms with Gasteiger partial charge in [-0.25, -0.2) is 4.39 Å². The van der Waals surface area contributed by atoms with E-state index in [2.05, 4.69) is 116 Å². The van der Waals surface area contributed by atoms with E-state index in [-0.39, 0.29) is 5.82 Å². The first-order valence-corrected chi connectivity index (χ1v) is 16.1. The number of benzene rings is 5. The first kappa shape index (κ1) is 24.9. The zero-order valence-corrected chi connectivity index (χ0v) is 23.4. The maximum Gasteiger partial charge on any atom is 0.123 e. The third-order valence-corrected chi connectivity index (χ3v) is 12.2. The van der Waals surface area contributed by atoms with Crippen molar-refractivity contribution in [2.45, 2.75) is 18.8 Å². The molecule has 0 N–H and O–H groups in total. The van der Waals surface area contributed by atoms with Gasteiger partial charge in [0.15, 0.2) is 0 Å². The Labute approximate surface area is 235 Å². The minimum Gasteiger partial charge on any atom is -0.252 e. The van der Waals surface area contributed by atoms with Crippen molar-refractivity contribution in [3.8, 4) is 22.3 Å². The fourth-order valence-corrected chi connectivity index (χ4v) is 9.47. The van der Waals surface area contributed by atoms with Crippen molar-refractivity contribution in [2.75, 3.05) is 6.66 Å². The number of nitrogens with zero attached hydrogens (tertiary/aromatic N) is 1. The second kappa shape index (κ2) is 10.1. The summed E-state index contributed by atoms with van der Waals surface area (Å²) in [7, 11) is -2.03. The number of halogens is 1. The van der Waals surface area contributed by atoms with E-state index in [4.69, 9.17) is 4.98 Å². The number of fused-ring (bicyclic) bond motifs is 1. The van der Waals surface area contributed by atoms with E-state index in [1.54, 1.807) is 12.1 Å². The number of para-hydroxylation sites is 1. The van der Waals surface area contributed by atoms with Gasteiger partial charge in [-0.05, 0) is 66.9 Å². The van der Waals surface area contributed by atoms with Crippen LogP contribution in [0.1, 0.15) is 24.5 Å². The lowest BCUT2D eigenvalue weighted by atomic mass is 9.89. The second-order valence-electron chi connectivity index (χ2n) is 10.7. The van der Waals surface area contributed by atoms with Crippen molar-refractivity contribution in [1.82, 2.24) is 4.98 Å². The highest BCUT2D eigenvalue weighted by Gasteiger charge is 2.43. The summed E-state index contributed by atoms with van der Waals surface area (Å²) in [5.74, 6) is 0.211. The Hall–Kier alpha value is -4.13. The highest BCUT2D eigenvalue weighted by atomic mass is 31.2. The predicted octanol–water partition coefficient (Wildman–Crippen LogP) is 8.51. The topological polar surface area (TPSA) is 12.9 Å². The van der Waals surface area contributed by atoms with Gasteiger partial charge in [0.1, 0.15) is 29.0 Å². The number of hydrogen-bond donors (Lipinski definition) is 0. The van der Waals surface area contributed by atoms with E-state index in [1.807, 2.05) is 12.1 Å². The maximum absolute atomic E-state index is 14.1. The molecule has 7 rings (SSSR count). The molecule has 0 aliphatic heterocycles. The van der Waals surface area contributed by atoms with Crippen LogP contribution in [0.15, 0.2) is 133 Å². The van der Waals surface area contributed by atoms with Crippen LogP contribution in [0, 0.1) is 5.82 Å². The predicted molar refractivity (Wildman–Crippen MR) is 169 cm³/mol. The molecule has 3 heteroatoms. The second-order valence-corrected chi connectivity index (χ2v) is 14.3. The molecule has 1 aliphatic carbocycles. The molecule has 194 valence electrons. The van der Waals surface area contributed by atoms with Gasteiger partial charge in [-0.15, -0.1) is 0 Å². The average Bonchev–Trinajstić information content (AvgIpc) is 3.87. The van der Waals surface area contributed by atoms with E-state index in [9.17, 15) is 4.39 Å². The summed E-state index contributed by atoms with van der Waals surface area (Å²) in [6.07, 6.45) is 2.29. The van der Waals surface area contributed by atoms with E-state index < -0.39 is 7.26 Å². The Morgan fingerprint density at radius 1 is 0.625 bits per heavy atom. The molecule has 6 aromatic rings. The highest BCUT2D eigenvalue weighted by Crippen LogP contribution is 2.56. The minimum absolute atomic E-state index is 0.224. The molecule has 0 saturated heterocycles. The Kier molecular flexibility index (Phi) is 6.29. The van der Waals surface area contributed by atoms with Crippen LogP contribution in [0.3, 0.4) is 0 Å². The lowest BCUT2D eigenvalue weighted by Crippen LogP contribution is -2.31. The van der Waals surface area contributed by atoms with Crippen LogP contribution >= 0.6 is 7.26 Å². The molecule has 0 radical (unpaired) electrons. The van der Waals surface area contributed by atoms with Crippen LogP contribution in [0.2, 0.25) is 0 Å². The summed E-state index contributed by atoms with van der Waals surface area (Å²) < 4.78 is 14.1. The van der Waals surface area contributed by atoms with Crippen LogP contribution in [0.25, 0.3) is 33.2 Å². The molecule has 0 unspecified atom stereocenters. The molecule has 5 aromatic carbocycles. The van der Waals surface area contributed by atoms with E-state index >= 15 is 0 Å². The zero-order chi connectivity index (χ0) is 27.1. The minimum atomic E-state index is -2.03. The summed E-state index contributed by atoms with van der Waals surface area (Å²) in [5, 5.41) is 5.13. The third-order valence-electron chi connectivity index (χ3n) is 8.22. The van der Waals surface area contributed by atoms with E-state index in [0.29, 0.717) is 5.92 Å². The lowest BCUT2D eigenvalue weighted by molar-refractivity contribution is 0.628. The Balaban J connectivity index is 1.60. The standard InChI is InChI=1S/C37H30FNP/c1-40(29-12-4-2-5-13-29,30-14-6-3-7-15-30)34-19-11-9-17-32(34)36-35(26-22-24-28(38)25-23-26)31-16-8-10-18-33(31)39-37(36)27-20-21-27/h2-19,22-25,27H,20-21H2,1H3/q+1. The Morgan fingerprint density at radius 3 is 1.85 bits per heavy atom. The van der Waals surface area contributed by atoms with Crippen LogP contribution in [0.5, 0.6) is 0 Å². The first-order valence-electron chi connectivity index (χ1n) is 13.9.